The third-order valence-corrected chi connectivity index (χ3v) is 3.77. The van der Waals surface area contributed by atoms with E-state index in [-0.39, 0.29) is 11.9 Å². The molecule has 2 rings (SSSR count). The molecule has 0 aliphatic carbocycles. The molecule has 20 heavy (non-hydrogen) atoms. The van der Waals surface area contributed by atoms with E-state index < -0.39 is 0 Å². The number of hydrogen-bond acceptors (Lipinski definition) is 4. The highest BCUT2D eigenvalue weighted by atomic mass is 16.5. The Labute approximate surface area is 119 Å². The molecule has 1 fully saturated rings. The van der Waals surface area contributed by atoms with Crippen LogP contribution in [0, 0.1) is 12.8 Å². The van der Waals surface area contributed by atoms with Gasteiger partial charge in [-0.05, 0) is 37.3 Å². The van der Waals surface area contributed by atoms with E-state index in [1.54, 1.807) is 0 Å². The largest absolute Gasteiger partial charge is 0.381 e. The fourth-order valence-electron chi connectivity index (χ4n) is 2.58. The summed E-state index contributed by atoms with van der Waals surface area (Å²) < 4.78 is 5.37. The predicted octanol–water partition coefficient (Wildman–Crippen LogP) is 1.15. The van der Waals surface area contributed by atoms with E-state index in [0.717, 1.165) is 37.3 Å². The van der Waals surface area contributed by atoms with Crippen LogP contribution in [0.25, 0.3) is 0 Å². The Hall–Kier alpha value is -1.46. The minimum atomic E-state index is -0.258. The summed E-state index contributed by atoms with van der Waals surface area (Å²) in [6, 6.07) is 4.16. The number of rotatable bonds is 6. The summed E-state index contributed by atoms with van der Waals surface area (Å²) in [7, 11) is 0. The molecule has 1 aromatic rings. The molecule has 5 heteroatoms. The number of carbonyl (C=O) groups excluding carboxylic acids is 1. The van der Waals surface area contributed by atoms with Crippen molar-refractivity contribution in [1.29, 1.82) is 0 Å². The number of aryl methyl sites for hydroxylation is 1. The average Bonchev–Trinajstić information content (AvgIpc) is 2.46. The Morgan fingerprint density at radius 2 is 2.25 bits per heavy atom. The number of amides is 1. The zero-order valence-electron chi connectivity index (χ0n) is 12.0. The molecule has 5 nitrogen and oxygen atoms in total. The number of ether oxygens (including phenoxy) is 1. The number of aromatic nitrogens is 1. The summed E-state index contributed by atoms with van der Waals surface area (Å²) in [5, 5.41) is 3.44. The molecule has 3 N–H and O–H groups in total. The number of nitrogens with two attached hydrogens (primary N) is 1. The summed E-state index contributed by atoms with van der Waals surface area (Å²) in [6.07, 6.45) is 4.18. The lowest BCUT2D eigenvalue weighted by Gasteiger charge is -2.30. The molecule has 0 bridgehead atoms. The van der Waals surface area contributed by atoms with Crippen molar-refractivity contribution >= 4 is 5.91 Å². The van der Waals surface area contributed by atoms with Gasteiger partial charge in [-0.3, -0.25) is 9.78 Å². The molecular formula is C15H23N3O2. The van der Waals surface area contributed by atoms with E-state index in [0.29, 0.717) is 18.9 Å². The second-order valence-electron chi connectivity index (χ2n) is 5.43. The van der Waals surface area contributed by atoms with E-state index in [4.69, 9.17) is 10.5 Å². The maximum absolute atomic E-state index is 11.2. The molecule has 1 saturated heterocycles. The van der Waals surface area contributed by atoms with Crippen LogP contribution in [0.5, 0.6) is 0 Å². The van der Waals surface area contributed by atoms with E-state index >= 15 is 0 Å². The summed E-state index contributed by atoms with van der Waals surface area (Å²) in [4.78, 5) is 15.6. The SMILES string of the molecule is Cc1ccc(CN[C@@H](CC(N)=O)C2CCOCC2)nc1. The van der Waals surface area contributed by atoms with Crippen LogP contribution in [0.4, 0.5) is 0 Å². The molecule has 1 amide bonds. The maximum Gasteiger partial charge on any atom is 0.218 e. The summed E-state index contributed by atoms with van der Waals surface area (Å²) in [6.45, 7) is 4.21. The molecule has 0 radical (unpaired) electrons. The molecule has 0 unspecified atom stereocenters. The van der Waals surface area contributed by atoms with Gasteiger partial charge in [0.15, 0.2) is 0 Å². The molecule has 2 heterocycles. The van der Waals surface area contributed by atoms with Gasteiger partial charge in [0, 0.05) is 38.4 Å². The molecule has 1 aliphatic rings. The van der Waals surface area contributed by atoms with Crippen molar-refractivity contribution < 1.29 is 9.53 Å². The van der Waals surface area contributed by atoms with Crippen LogP contribution in [0.1, 0.15) is 30.5 Å². The van der Waals surface area contributed by atoms with Crippen LogP contribution in [0.2, 0.25) is 0 Å². The van der Waals surface area contributed by atoms with E-state index in [2.05, 4.69) is 10.3 Å². The molecule has 1 aliphatic heterocycles. The van der Waals surface area contributed by atoms with Crippen molar-refractivity contribution in [3.05, 3.63) is 29.6 Å². The lowest BCUT2D eigenvalue weighted by Crippen LogP contribution is -2.41. The fraction of sp³-hybridized carbons (Fsp3) is 0.600. The standard InChI is InChI=1S/C15H23N3O2/c1-11-2-3-13(17-9-11)10-18-14(8-15(16)19)12-4-6-20-7-5-12/h2-3,9,12,14,18H,4-8,10H2,1H3,(H2,16,19)/t14-/m0/s1. The van der Waals surface area contributed by atoms with Crippen molar-refractivity contribution in [3.63, 3.8) is 0 Å². The van der Waals surface area contributed by atoms with Crippen LogP contribution in [-0.2, 0) is 16.1 Å². The first-order valence-corrected chi connectivity index (χ1v) is 7.16. The molecule has 1 aromatic heterocycles. The number of nitrogens with zero attached hydrogens (tertiary/aromatic N) is 1. The first kappa shape index (κ1) is 14.9. The third-order valence-electron chi connectivity index (χ3n) is 3.77. The fourth-order valence-corrected chi connectivity index (χ4v) is 2.58. The molecule has 0 aromatic carbocycles. The van der Waals surface area contributed by atoms with Gasteiger partial charge < -0.3 is 15.8 Å². The molecule has 1 atom stereocenters. The van der Waals surface area contributed by atoms with Crippen molar-refractivity contribution in [2.75, 3.05) is 13.2 Å². The number of hydrogen-bond donors (Lipinski definition) is 2. The smallest absolute Gasteiger partial charge is 0.218 e. The van der Waals surface area contributed by atoms with E-state index in [9.17, 15) is 4.79 Å². The second-order valence-corrected chi connectivity index (χ2v) is 5.43. The Balaban J connectivity index is 1.92. The predicted molar refractivity (Wildman–Crippen MR) is 77.0 cm³/mol. The summed E-state index contributed by atoms with van der Waals surface area (Å²) in [5.74, 6) is 0.188. The highest BCUT2D eigenvalue weighted by Gasteiger charge is 2.25. The van der Waals surface area contributed by atoms with Crippen LogP contribution in [-0.4, -0.2) is 30.1 Å². The van der Waals surface area contributed by atoms with Crippen LogP contribution in [0.3, 0.4) is 0 Å². The third kappa shape index (κ3) is 4.58. The van der Waals surface area contributed by atoms with Crippen LogP contribution < -0.4 is 11.1 Å². The van der Waals surface area contributed by atoms with Crippen molar-refractivity contribution in [3.8, 4) is 0 Å². The molecule has 0 spiro atoms. The Morgan fingerprint density at radius 1 is 1.50 bits per heavy atom. The van der Waals surface area contributed by atoms with Gasteiger partial charge in [0.2, 0.25) is 5.91 Å². The normalized spacial score (nSPS) is 17.9. The second kappa shape index (κ2) is 7.36. The van der Waals surface area contributed by atoms with E-state index in [1.165, 1.54) is 0 Å². The van der Waals surface area contributed by atoms with Gasteiger partial charge in [-0.2, -0.15) is 0 Å². The van der Waals surface area contributed by atoms with Crippen molar-refractivity contribution in [2.45, 2.75) is 38.8 Å². The Bertz CT molecular complexity index is 427. The number of pyridine rings is 1. The maximum atomic E-state index is 11.2. The van der Waals surface area contributed by atoms with Gasteiger partial charge >= 0.3 is 0 Å². The van der Waals surface area contributed by atoms with Gasteiger partial charge in [-0.1, -0.05) is 6.07 Å². The minimum absolute atomic E-state index is 0.111. The van der Waals surface area contributed by atoms with Gasteiger partial charge in [0.05, 0.1) is 5.69 Å². The highest BCUT2D eigenvalue weighted by molar-refractivity contribution is 5.74. The quantitative estimate of drug-likeness (QED) is 0.817. The first-order chi connectivity index (χ1) is 9.65. The molecular weight excluding hydrogens is 254 g/mol. The Morgan fingerprint density at radius 3 is 2.85 bits per heavy atom. The van der Waals surface area contributed by atoms with Gasteiger partial charge in [0.1, 0.15) is 0 Å². The monoisotopic (exact) mass is 277 g/mol. The van der Waals surface area contributed by atoms with Crippen molar-refractivity contribution in [1.82, 2.24) is 10.3 Å². The lowest BCUT2D eigenvalue weighted by atomic mass is 9.89. The Kier molecular flexibility index (Phi) is 5.49. The first-order valence-electron chi connectivity index (χ1n) is 7.16. The zero-order valence-corrected chi connectivity index (χ0v) is 12.0. The zero-order chi connectivity index (χ0) is 14.4. The number of primary amides is 1. The summed E-state index contributed by atoms with van der Waals surface area (Å²) in [5.41, 5.74) is 7.49. The molecule has 110 valence electrons. The van der Waals surface area contributed by atoms with Crippen molar-refractivity contribution in [2.24, 2.45) is 11.7 Å². The summed E-state index contributed by atoms with van der Waals surface area (Å²) >= 11 is 0. The van der Waals surface area contributed by atoms with Crippen LogP contribution in [0.15, 0.2) is 18.3 Å². The van der Waals surface area contributed by atoms with Gasteiger partial charge in [-0.15, -0.1) is 0 Å². The average molecular weight is 277 g/mol. The highest BCUT2D eigenvalue weighted by Crippen LogP contribution is 2.21. The minimum Gasteiger partial charge on any atom is -0.381 e. The van der Waals surface area contributed by atoms with Gasteiger partial charge in [0.25, 0.3) is 0 Å². The molecule has 0 saturated carbocycles. The van der Waals surface area contributed by atoms with E-state index in [1.807, 2.05) is 25.3 Å². The van der Waals surface area contributed by atoms with Gasteiger partial charge in [-0.25, -0.2) is 0 Å². The van der Waals surface area contributed by atoms with Crippen LogP contribution >= 0.6 is 0 Å². The number of carbonyl (C=O) groups is 1. The number of nitrogens with one attached hydrogen (secondary N) is 1. The lowest BCUT2D eigenvalue weighted by molar-refractivity contribution is -0.119. The topological polar surface area (TPSA) is 77.2 Å².